The Balaban J connectivity index is 2.95. The molecule has 13 heteroatoms. The number of terminal acetylenes is 1. The summed E-state index contributed by atoms with van der Waals surface area (Å²) in [5.74, 6) is -0.881. The van der Waals surface area contributed by atoms with Crippen LogP contribution in [0.3, 0.4) is 0 Å². The zero-order valence-electron chi connectivity index (χ0n) is 21.7. The fourth-order valence-electron chi connectivity index (χ4n) is 3.91. The maximum atomic E-state index is 12.8. The number of rotatable bonds is 12. The molecule has 0 radical (unpaired) electrons. The first kappa shape index (κ1) is 32.0. The van der Waals surface area contributed by atoms with E-state index >= 15 is 0 Å². The third-order valence-electron chi connectivity index (χ3n) is 5.97. The van der Waals surface area contributed by atoms with Gasteiger partial charge in [-0.3, -0.25) is 34.0 Å². The molecule has 0 aliphatic carbocycles. The molecule has 1 fully saturated rings. The lowest BCUT2D eigenvalue weighted by atomic mass is 10.2. The quantitative estimate of drug-likeness (QED) is 0.186. The van der Waals surface area contributed by atoms with Gasteiger partial charge in [0.2, 0.25) is 11.8 Å². The normalized spacial score (nSPS) is 18.0. The van der Waals surface area contributed by atoms with Crippen LogP contribution in [0.5, 0.6) is 0 Å². The predicted molar refractivity (Wildman–Crippen MR) is 131 cm³/mol. The number of carbonyl (C=O) groups excluding carboxylic acids is 5. The first-order valence-corrected chi connectivity index (χ1v) is 12.3. The predicted octanol–water partition coefficient (Wildman–Crippen LogP) is -5.06. The molecule has 1 unspecified atom stereocenters. The van der Waals surface area contributed by atoms with Crippen molar-refractivity contribution in [1.82, 2.24) is 30.2 Å². The molecule has 208 valence electrons. The van der Waals surface area contributed by atoms with Crippen LogP contribution >= 0.6 is 0 Å². The smallest absolute Gasteiger partial charge is 0.239 e. The van der Waals surface area contributed by atoms with E-state index in [2.05, 4.69) is 16.6 Å². The van der Waals surface area contributed by atoms with Crippen LogP contribution in [0, 0.1) is 12.3 Å². The van der Waals surface area contributed by atoms with Crippen molar-refractivity contribution in [1.29, 1.82) is 0 Å². The number of nitrogens with one attached hydrogen (secondary N) is 2. The van der Waals surface area contributed by atoms with Gasteiger partial charge in [-0.15, -0.1) is 12.3 Å². The molecule has 1 saturated heterocycles. The highest BCUT2D eigenvalue weighted by atomic mass is 16.4. The van der Waals surface area contributed by atoms with Crippen LogP contribution in [0.4, 0.5) is 0 Å². The molecule has 1 atom stereocenters. The summed E-state index contributed by atoms with van der Waals surface area (Å²) in [4.78, 5) is 66.0. The van der Waals surface area contributed by atoms with Crippen molar-refractivity contribution in [2.45, 2.75) is 26.3 Å². The monoisotopic (exact) mass is 522 g/mol. The standard InChI is InChI=1S/C24H40N6O7/c1-4-5-6-25-21(32)15-26-24(37)20(3)30-13-11-27(16-19(2)31)7-8-28(17-22(33)34)9-10-29(12-14-30)18-23(35)36/h1,20H,5-18H2,2-3H3,(H,25,32)(H,26,37)(H,33,34)(H,35,36)/p-2. The minimum absolute atomic E-state index is 0.0492. The minimum atomic E-state index is -1.26. The van der Waals surface area contributed by atoms with Gasteiger partial charge in [-0.25, -0.2) is 0 Å². The van der Waals surface area contributed by atoms with Gasteiger partial charge in [-0.2, -0.15) is 0 Å². The zero-order chi connectivity index (χ0) is 27.8. The van der Waals surface area contributed by atoms with Crippen molar-refractivity contribution in [2.75, 3.05) is 85.1 Å². The fraction of sp³-hybridized carbons (Fsp3) is 0.708. The number of aliphatic carboxylic acids is 2. The van der Waals surface area contributed by atoms with E-state index in [0.29, 0.717) is 45.7 Å². The van der Waals surface area contributed by atoms with Crippen LogP contribution in [0.1, 0.15) is 20.3 Å². The molecule has 0 bridgehead atoms. The Hall–Kier alpha value is -3.05. The van der Waals surface area contributed by atoms with Gasteiger partial charge in [0.1, 0.15) is 5.78 Å². The van der Waals surface area contributed by atoms with E-state index in [1.54, 1.807) is 16.7 Å². The number of hydrogen-bond acceptors (Lipinski definition) is 11. The molecule has 0 aromatic rings. The van der Waals surface area contributed by atoms with Gasteiger partial charge in [0.25, 0.3) is 0 Å². The number of carbonyl (C=O) groups is 5. The second-order valence-corrected chi connectivity index (χ2v) is 9.01. The molecule has 1 rings (SSSR count). The highest BCUT2D eigenvalue weighted by Crippen LogP contribution is 2.05. The summed E-state index contributed by atoms with van der Waals surface area (Å²) in [6.45, 7) is 5.47. The first-order valence-electron chi connectivity index (χ1n) is 12.3. The van der Waals surface area contributed by atoms with Gasteiger partial charge in [-0.1, -0.05) is 0 Å². The van der Waals surface area contributed by atoms with Crippen molar-refractivity contribution in [3.8, 4) is 12.3 Å². The molecule has 0 saturated carbocycles. The fourth-order valence-corrected chi connectivity index (χ4v) is 3.91. The number of carboxylic acids is 2. The molecular formula is C24H38N6O7-2. The van der Waals surface area contributed by atoms with Gasteiger partial charge in [0.15, 0.2) is 0 Å². The molecule has 2 N–H and O–H groups in total. The third-order valence-corrected chi connectivity index (χ3v) is 5.97. The minimum Gasteiger partial charge on any atom is -0.549 e. The van der Waals surface area contributed by atoms with Crippen LogP contribution < -0.4 is 20.8 Å². The van der Waals surface area contributed by atoms with Crippen LogP contribution in [-0.2, 0) is 24.0 Å². The van der Waals surface area contributed by atoms with Crippen LogP contribution in [0.2, 0.25) is 0 Å². The summed E-state index contributed by atoms with van der Waals surface area (Å²) in [6.07, 6.45) is 5.54. The molecule has 1 aliphatic heterocycles. The lowest BCUT2D eigenvalue weighted by Gasteiger charge is -2.36. The molecule has 0 aromatic carbocycles. The number of hydrogen-bond donors (Lipinski definition) is 2. The second kappa shape index (κ2) is 17.4. The highest BCUT2D eigenvalue weighted by Gasteiger charge is 2.24. The Morgan fingerprint density at radius 1 is 0.811 bits per heavy atom. The maximum Gasteiger partial charge on any atom is 0.239 e. The largest absolute Gasteiger partial charge is 0.549 e. The van der Waals surface area contributed by atoms with Crippen molar-refractivity contribution < 1.29 is 34.2 Å². The van der Waals surface area contributed by atoms with E-state index in [1.807, 2.05) is 9.80 Å². The van der Waals surface area contributed by atoms with Gasteiger partial charge in [0, 0.05) is 78.4 Å². The Labute approximate surface area is 218 Å². The van der Waals surface area contributed by atoms with Crippen LogP contribution in [0.25, 0.3) is 0 Å². The van der Waals surface area contributed by atoms with E-state index in [4.69, 9.17) is 6.42 Å². The Kier molecular flexibility index (Phi) is 15.1. The van der Waals surface area contributed by atoms with Crippen molar-refractivity contribution in [2.24, 2.45) is 0 Å². The van der Waals surface area contributed by atoms with E-state index in [0.717, 1.165) is 0 Å². The average Bonchev–Trinajstić information content (AvgIpc) is 2.81. The zero-order valence-corrected chi connectivity index (χ0v) is 21.7. The molecule has 1 aliphatic rings. The lowest BCUT2D eigenvalue weighted by Crippen LogP contribution is -2.54. The summed E-state index contributed by atoms with van der Waals surface area (Å²) >= 11 is 0. The summed E-state index contributed by atoms with van der Waals surface area (Å²) in [5, 5.41) is 27.7. The summed E-state index contributed by atoms with van der Waals surface area (Å²) in [5.41, 5.74) is 0. The van der Waals surface area contributed by atoms with Crippen molar-refractivity contribution in [3.63, 3.8) is 0 Å². The third kappa shape index (κ3) is 14.3. The Morgan fingerprint density at radius 2 is 1.27 bits per heavy atom. The summed E-state index contributed by atoms with van der Waals surface area (Å²) in [7, 11) is 0. The van der Waals surface area contributed by atoms with Gasteiger partial charge in [-0.05, 0) is 13.8 Å². The number of amides is 2. The molecular weight excluding hydrogens is 484 g/mol. The molecule has 13 nitrogen and oxygen atoms in total. The number of ketones is 1. The maximum absolute atomic E-state index is 12.8. The van der Waals surface area contributed by atoms with E-state index < -0.39 is 18.0 Å². The van der Waals surface area contributed by atoms with Crippen LogP contribution in [-0.4, -0.2) is 140 Å². The molecule has 1 heterocycles. The van der Waals surface area contributed by atoms with Crippen molar-refractivity contribution in [3.05, 3.63) is 0 Å². The Morgan fingerprint density at radius 3 is 1.70 bits per heavy atom. The summed E-state index contributed by atoms with van der Waals surface area (Å²) in [6, 6.07) is -0.639. The highest BCUT2D eigenvalue weighted by molar-refractivity contribution is 5.87. The SMILES string of the molecule is C#CCCNC(=O)CNC(=O)C(C)N1CCN(CC(C)=O)CCN(CC(=O)[O-])CCN(CC(=O)[O-])CC1. The molecule has 2 amide bonds. The van der Waals surface area contributed by atoms with E-state index in [-0.39, 0.29) is 63.4 Å². The van der Waals surface area contributed by atoms with E-state index in [9.17, 15) is 34.2 Å². The second-order valence-electron chi connectivity index (χ2n) is 9.01. The molecule has 0 aromatic heterocycles. The van der Waals surface area contributed by atoms with E-state index in [1.165, 1.54) is 6.92 Å². The Bertz CT molecular complexity index is 799. The van der Waals surface area contributed by atoms with Crippen molar-refractivity contribution >= 4 is 29.5 Å². The summed E-state index contributed by atoms with van der Waals surface area (Å²) < 4.78 is 0. The number of Topliss-reactive ketones (excluding diaryl/α,β-unsaturated/α-hetero) is 1. The van der Waals surface area contributed by atoms with Crippen LogP contribution in [0.15, 0.2) is 0 Å². The molecule has 37 heavy (non-hydrogen) atoms. The average molecular weight is 523 g/mol. The lowest BCUT2D eigenvalue weighted by molar-refractivity contribution is -0.308. The number of carboxylic acid groups (broad SMARTS) is 2. The number of nitrogens with zero attached hydrogens (tertiary/aromatic N) is 4. The van der Waals surface area contributed by atoms with Gasteiger partial charge < -0.3 is 30.4 Å². The molecule has 0 spiro atoms. The van der Waals surface area contributed by atoms with Gasteiger partial charge in [0.05, 0.1) is 31.1 Å². The van der Waals surface area contributed by atoms with Gasteiger partial charge >= 0.3 is 0 Å². The first-order chi connectivity index (χ1) is 17.5. The topological polar surface area (TPSA) is 168 Å².